The number of nitrogens with zero attached hydrogens (tertiary/aromatic N) is 6. The molecule has 3 aromatic rings. The molecule has 8 nitrogen and oxygen atoms in total. The number of carbonyl (C=O) groups excluding carboxylic acids is 1. The van der Waals surface area contributed by atoms with Gasteiger partial charge in [-0.1, -0.05) is 18.6 Å². The minimum atomic E-state index is -0.0715. The first-order valence-electron chi connectivity index (χ1n) is 10.8. The topological polar surface area (TPSA) is 84.3 Å². The number of rotatable bonds is 6. The van der Waals surface area contributed by atoms with E-state index in [1.165, 1.54) is 5.56 Å². The Balaban J connectivity index is 1.47. The van der Waals surface area contributed by atoms with Gasteiger partial charge >= 0.3 is 6.01 Å². The van der Waals surface area contributed by atoms with Crippen LogP contribution in [0.5, 0.6) is 11.8 Å². The summed E-state index contributed by atoms with van der Waals surface area (Å²) in [6, 6.07) is 10.2. The van der Waals surface area contributed by atoms with Crippen molar-refractivity contribution in [2.24, 2.45) is 0 Å². The molecule has 0 spiro atoms. The van der Waals surface area contributed by atoms with E-state index in [0.717, 1.165) is 43.9 Å². The van der Waals surface area contributed by atoms with Crippen molar-refractivity contribution in [3.05, 3.63) is 71.6 Å². The van der Waals surface area contributed by atoms with Crippen LogP contribution in [0.4, 0.5) is 0 Å². The van der Waals surface area contributed by atoms with Crippen LogP contribution in [0.3, 0.4) is 0 Å². The molecule has 166 valence electrons. The van der Waals surface area contributed by atoms with Gasteiger partial charge in [0.05, 0.1) is 17.3 Å². The normalized spacial score (nSPS) is 16.5. The minimum absolute atomic E-state index is 0.0715. The first kappa shape index (κ1) is 21.8. The van der Waals surface area contributed by atoms with Crippen molar-refractivity contribution in [2.75, 3.05) is 20.6 Å². The molecule has 3 heterocycles. The number of piperidine rings is 1. The van der Waals surface area contributed by atoms with Gasteiger partial charge in [-0.2, -0.15) is 0 Å². The van der Waals surface area contributed by atoms with Crippen molar-refractivity contribution in [1.29, 1.82) is 0 Å². The summed E-state index contributed by atoms with van der Waals surface area (Å²) in [5.74, 6) is 1.42. The van der Waals surface area contributed by atoms with E-state index in [0.29, 0.717) is 17.3 Å². The van der Waals surface area contributed by atoms with E-state index >= 15 is 0 Å². The number of hydrogen-bond acceptors (Lipinski definition) is 7. The molecule has 1 aromatic carbocycles. The van der Waals surface area contributed by atoms with E-state index in [-0.39, 0.29) is 11.9 Å². The summed E-state index contributed by atoms with van der Waals surface area (Å²) in [6.07, 6.45) is 8.28. The zero-order valence-corrected chi connectivity index (χ0v) is 18.7. The van der Waals surface area contributed by atoms with E-state index in [1.54, 1.807) is 43.7 Å². The van der Waals surface area contributed by atoms with E-state index in [9.17, 15) is 4.79 Å². The van der Waals surface area contributed by atoms with Crippen molar-refractivity contribution in [3.8, 4) is 11.8 Å². The lowest BCUT2D eigenvalue weighted by Gasteiger charge is -2.35. The molecule has 0 aliphatic carbocycles. The van der Waals surface area contributed by atoms with Gasteiger partial charge < -0.3 is 9.64 Å². The molecular formula is C24H28N6O2. The van der Waals surface area contributed by atoms with Gasteiger partial charge in [-0.15, -0.1) is 0 Å². The third-order valence-corrected chi connectivity index (χ3v) is 5.61. The monoisotopic (exact) mass is 432 g/mol. The third-order valence-electron chi connectivity index (χ3n) is 5.61. The summed E-state index contributed by atoms with van der Waals surface area (Å²) < 4.78 is 5.69. The molecule has 1 atom stereocenters. The van der Waals surface area contributed by atoms with Crippen LogP contribution in [0.1, 0.15) is 52.7 Å². The van der Waals surface area contributed by atoms with Gasteiger partial charge in [-0.3, -0.25) is 9.69 Å². The summed E-state index contributed by atoms with van der Waals surface area (Å²) >= 11 is 0. The van der Waals surface area contributed by atoms with Crippen LogP contribution >= 0.6 is 0 Å². The molecule has 1 saturated heterocycles. The van der Waals surface area contributed by atoms with Crippen LogP contribution in [0, 0.1) is 6.92 Å². The Morgan fingerprint density at radius 1 is 1.12 bits per heavy atom. The summed E-state index contributed by atoms with van der Waals surface area (Å²) in [6.45, 7) is 3.67. The smallest absolute Gasteiger partial charge is 0.321 e. The van der Waals surface area contributed by atoms with Crippen LogP contribution in [-0.4, -0.2) is 56.3 Å². The Bertz CT molecular complexity index is 1060. The molecule has 2 aromatic heterocycles. The number of amides is 1. The molecule has 0 N–H and O–H groups in total. The molecule has 0 radical (unpaired) electrons. The van der Waals surface area contributed by atoms with Gasteiger partial charge in [-0.25, -0.2) is 19.9 Å². The summed E-state index contributed by atoms with van der Waals surface area (Å²) in [7, 11) is 3.48. The van der Waals surface area contributed by atoms with Gasteiger partial charge in [0.1, 0.15) is 11.6 Å². The second kappa shape index (κ2) is 9.82. The first-order valence-corrected chi connectivity index (χ1v) is 10.8. The lowest BCUT2D eigenvalue weighted by molar-refractivity contribution is 0.0825. The maximum Gasteiger partial charge on any atom is 0.321 e. The minimum Gasteiger partial charge on any atom is -0.424 e. The van der Waals surface area contributed by atoms with Crippen LogP contribution in [-0.2, 0) is 6.54 Å². The van der Waals surface area contributed by atoms with Crippen LogP contribution < -0.4 is 4.74 Å². The lowest BCUT2D eigenvalue weighted by atomic mass is 10.00. The largest absolute Gasteiger partial charge is 0.424 e. The van der Waals surface area contributed by atoms with Gasteiger partial charge in [0.25, 0.3) is 5.91 Å². The fourth-order valence-corrected chi connectivity index (χ4v) is 3.91. The molecule has 0 unspecified atom stereocenters. The van der Waals surface area contributed by atoms with Gasteiger partial charge in [0.15, 0.2) is 0 Å². The lowest BCUT2D eigenvalue weighted by Crippen LogP contribution is -2.34. The predicted molar refractivity (Wildman–Crippen MR) is 120 cm³/mol. The maximum atomic E-state index is 12.3. The average molecular weight is 433 g/mol. The standard InChI is InChI=1S/C24H28N6O2/c1-17-20(23(31)29(2)3)15-27-22(28-17)21-7-4-5-14-30(21)16-18-8-10-19(11-9-18)32-24-25-12-6-13-26-24/h6,8-13,15,21H,4-5,7,14,16H2,1-3H3/t21-/m1/s1. The molecule has 0 saturated carbocycles. The number of benzene rings is 1. The summed E-state index contributed by atoms with van der Waals surface area (Å²) in [5, 5.41) is 0. The second-order valence-corrected chi connectivity index (χ2v) is 8.19. The van der Waals surface area contributed by atoms with Gasteiger partial charge in [0.2, 0.25) is 0 Å². The van der Waals surface area contributed by atoms with Crippen molar-refractivity contribution in [3.63, 3.8) is 0 Å². The number of aryl methyl sites for hydroxylation is 1. The van der Waals surface area contributed by atoms with Crippen molar-refractivity contribution in [1.82, 2.24) is 29.7 Å². The SMILES string of the molecule is Cc1nc([C@H]2CCCCN2Cc2ccc(Oc3ncccn3)cc2)ncc1C(=O)N(C)C. The third kappa shape index (κ3) is 5.08. The zero-order valence-electron chi connectivity index (χ0n) is 18.7. The number of ether oxygens (including phenoxy) is 1. The Labute approximate surface area is 188 Å². The molecule has 4 rings (SSSR count). The van der Waals surface area contributed by atoms with E-state index in [2.05, 4.69) is 32.0 Å². The summed E-state index contributed by atoms with van der Waals surface area (Å²) in [4.78, 5) is 33.8. The summed E-state index contributed by atoms with van der Waals surface area (Å²) in [5.41, 5.74) is 2.47. The Morgan fingerprint density at radius 3 is 2.56 bits per heavy atom. The fraction of sp³-hybridized carbons (Fsp3) is 0.375. The molecular weight excluding hydrogens is 404 g/mol. The van der Waals surface area contributed by atoms with Gasteiger partial charge in [0, 0.05) is 39.2 Å². The Morgan fingerprint density at radius 2 is 1.88 bits per heavy atom. The average Bonchev–Trinajstić information content (AvgIpc) is 2.81. The number of hydrogen-bond donors (Lipinski definition) is 0. The van der Waals surface area contributed by atoms with Crippen molar-refractivity contribution < 1.29 is 9.53 Å². The van der Waals surface area contributed by atoms with E-state index in [4.69, 9.17) is 9.72 Å². The molecule has 1 fully saturated rings. The highest BCUT2D eigenvalue weighted by Gasteiger charge is 2.27. The molecule has 1 aliphatic heterocycles. The Kier molecular flexibility index (Phi) is 6.70. The van der Waals surface area contributed by atoms with Crippen molar-refractivity contribution >= 4 is 5.91 Å². The van der Waals surface area contributed by atoms with Gasteiger partial charge in [-0.05, 0) is 50.1 Å². The molecule has 1 aliphatic rings. The number of likely N-dealkylation sites (tertiary alicyclic amines) is 1. The van der Waals surface area contributed by atoms with Crippen LogP contribution in [0.2, 0.25) is 0 Å². The van der Waals surface area contributed by atoms with Crippen LogP contribution in [0.25, 0.3) is 0 Å². The highest BCUT2D eigenvalue weighted by Crippen LogP contribution is 2.31. The zero-order chi connectivity index (χ0) is 22.5. The predicted octanol–water partition coefficient (Wildman–Crippen LogP) is 3.80. The molecule has 0 bridgehead atoms. The number of aromatic nitrogens is 4. The molecule has 32 heavy (non-hydrogen) atoms. The quantitative estimate of drug-likeness (QED) is 0.586. The second-order valence-electron chi connectivity index (χ2n) is 8.19. The number of carbonyl (C=O) groups is 1. The fourth-order valence-electron chi connectivity index (χ4n) is 3.91. The highest BCUT2D eigenvalue weighted by molar-refractivity contribution is 5.94. The Hall–Kier alpha value is -3.39. The molecule has 1 amide bonds. The van der Waals surface area contributed by atoms with E-state index < -0.39 is 0 Å². The van der Waals surface area contributed by atoms with E-state index in [1.807, 2.05) is 19.1 Å². The van der Waals surface area contributed by atoms with Crippen LogP contribution in [0.15, 0.2) is 48.9 Å². The first-order chi connectivity index (χ1) is 15.5. The molecule has 8 heteroatoms. The highest BCUT2D eigenvalue weighted by atomic mass is 16.5. The van der Waals surface area contributed by atoms with Crippen molar-refractivity contribution in [2.45, 2.75) is 38.8 Å². The maximum absolute atomic E-state index is 12.3.